The Hall–Kier alpha value is -2.31. The summed E-state index contributed by atoms with van der Waals surface area (Å²) in [5.41, 5.74) is -0.0826. The van der Waals surface area contributed by atoms with E-state index in [1.54, 1.807) is 17.0 Å². The molecule has 1 aliphatic heterocycles. The minimum atomic E-state index is -0.501. The van der Waals surface area contributed by atoms with E-state index in [9.17, 15) is 9.59 Å². The highest BCUT2D eigenvalue weighted by Gasteiger charge is 2.31. The first-order valence-electron chi connectivity index (χ1n) is 8.00. The van der Waals surface area contributed by atoms with Crippen LogP contribution < -0.4 is 4.90 Å². The van der Waals surface area contributed by atoms with E-state index in [2.05, 4.69) is 14.6 Å². The molecule has 2 rings (SSSR count). The van der Waals surface area contributed by atoms with Gasteiger partial charge in [-0.25, -0.2) is 14.6 Å². The molecule has 7 heteroatoms. The van der Waals surface area contributed by atoms with Crippen LogP contribution in [0.1, 0.15) is 38.1 Å². The van der Waals surface area contributed by atoms with Gasteiger partial charge in [0.1, 0.15) is 11.4 Å². The summed E-state index contributed by atoms with van der Waals surface area (Å²) in [5.74, 6) is 0.371. The van der Waals surface area contributed by atoms with E-state index in [1.807, 2.05) is 27.7 Å². The van der Waals surface area contributed by atoms with Crippen molar-refractivity contribution in [2.24, 2.45) is 0 Å². The number of piperazine rings is 1. The molecule has 0 aromatic carbocycles. The van der Waals surface area contributed by atoms with Crippen molar-refractivity contribution in [2.75, 3.05) is 31.6 Å². The molecule has 1 fully saturated rings. The van der Waals surface area contributed by atoms with E-state index in [-0.39, 0.29) is 12.1 Å². The van der Waals surface area contributed by atoms with E-state index >= 15 is 0 Å². The zero-order valence-electron chi connectivity index (χ0n) is 14.9. The topological polar surface area (TPSA) is 72.0 Å². The Morgan fingerprint density at radius 3 is 2.46 bits per heavy atom. The van der Waals surface area contributed by atoms with Gasteiger partial charge in [-0.3, -0.25) is 0 Å². The molecule has 0 radical (unpaired) electrons. The van der Waals surface area contributed by atoms with Gasteiger partial charge in [0.25, 0.3) is 0 Å². The maximum atomic E-state index is 12.2. The normalized spacial score (nSPS) is 18.3. The molecule has 0 unspecified atom stereocenters. The minimum Gasteiger partial charge on any atom is -0.465 e. The van der Waals surface area contributed by atoms with Crippen LogP contribution in [-0.2, 0) is 9.47 Å². The quantitative estimate of drug-likeness (QED) is 0.772. The Morgan fingerprint density at radius 2 is 1.96 bits per heavy atom. The number of carbonyl (C=O) groups excluding carboxylic acids is 2. The van der Waals surface area contributed by atoms with Crippen LogP contribution in [0, 0.1) is 0 Å². The van der Waals surface area contributed by atoms with Crippen LogP contribution in [0.25, 0.3) is 0 Å². The van der Waals surface area contributed by atoms with E-state index in [1.165, 1.54) is 13.3 Å². The summed E-state index contributed by atoms with van der Waals surface area (Å²) in [6.07, 6.45) is 1.22. The molecule has 1 aromatic rings. The fourth-order valence-corrected chi connectivity index (χ4v) is 2.57. The molecule has 24 heavy (non-hydrogen) atoms. The molecule has 1 aliphatic rings. The third-order valence-corrected chi connectivity index (χ3v) is 3.75. The number of carbonyl (C=O) groups is 2. The zero-order chi connectivity index (χ0) is 17.9. The van der Waals surface area contributed by atoms with Gasteiger partial charge in [0, 0.05) is 31.9 Å². The van der Waals surface area contributed by atoms with E-state index in [4.69, 9.17) is 4.74 Å². The van der Waals surface area contributed by atoms with Crippen molar-refractivity contribution in [3.8, 4) is 0 Å². The average molecular weight is 335 g/mol. The highest BCUT2D eigenvalue weighted by atomic mass is 16.6. The summed E-state index contributed by atoms with van der Waals surface area (Å²) < 4.78 is 10.1. The van der Waals surface area contributed by atoms with Crippen molar-refractivity contribution in [3.63, 3.8) is 0 Å². The first-order chi connectivity index (χ1) is 11.2. The van der Waals surface area contributed by atoms with Gasteiger partial charge in [0.2, 0.25) is 0 Å². The number of hydrogen-bond acceptors (Lipinski definition) is 6. The Morgan fingerprint density at radius 1 is 1.25 bits per heavy atom. The Bertz CT molecular complexity index is 595. The SMILES string of the molecule is COC(=O)c1ccc(N2CCN(C(=O)OC(C)(C)C)[C@H](C)C2)nc1. The number of anilines is 1. The number of nitrogens with zero attached hydrogens (tertiary/aromatic N) is 3. The molecule has 7 nitrogen and oxygen atoms in total. The zero-order valence-corrected chi connectivity index (χ0v) is 14.9. The third-order valence-electron chi connectivity index (χ3n) is 3.75. The van der Waals surface area contributed by atoms with Crippen LogP contribution in [0.3, 0.4) is 0 Å². The highest BCUT2D eigenvalue weighted by Crippen LogP contribution is 2.20. The number of esters is 1. The smallest absolute Gasteiger partial charge is 0.410 e. The van der Waals surface area contributed by atoms with Crippen LogP contribution in [0.2, 0.25) is 0 Å². The number of aromatic nitrogens is 1. The molecule has 2 heterocycles. The number of amides is 1. The molecule has 0 bridgehead atoms. The molecule has 1 saturated heterocycles. The van der Waals surface area contributed by atoms with Gasteiger partial charge in [-0.05, 0) is 39.8 Å². The molecule has 0 aliphatic carbocycles. The second kappa shape index (κ2) is 7.07. The van der Waals surface area contributed by atoms with Gasteiger partial charge in [-0.2, -0.15) is 0 Å². The first kappa shape index (κ1) is 18.0. The number of methoxy groups -OCH3 is 1. The second-order valence-electron chi connectivity index (χ2n) is 6.87. The number of hydrogen-bond donors (Lipinski definition) is 0. The van der Waals surface area contributed by atoms with Crippen molar-refractivity contribution in [1.82, 2.24) is 9.88 Å². The molecular formula is C17H25N3O4. The molecule has 1 amide bonds. The standard InChI is InChI=1S/C17H25N3O4/c1-12-11-19(8-9-20(12)16(22)24-17(2,3)4)14-7-6-13(10-18-14)15(21)23-5/h6-7,10,12H,8-9,11H2,1-5H3/t12-/m1/s1. The van der Waals surface area contributed by atoms with Crippen LogP contribution in [0.5, 0.6) is 0 Å². The van der Waals surface area contributed by atoms with Gasteiger partial charge in [0.15, 0.2) is 0 Å². The lowest BCUT2D eigenvalue weighted by Gasteiger charge is -2.40. The van der Waals surface area contributed by atoms with Crippen molar-refractivity contribution in [1.29, 1.82) is 0 Å². The predicted molar refractivity (Wildman–Crippen MR) is 90.2 cm³/mol. The second-order valence-corrected chi connectivity index (χ2v) is 6.87. The molecule has 1 aromatic heterocycles. The van der Waals surface area contributed by atoms with Crippen LogP contribution in [0.4, 0.5) is 10.6 Å². The molecule has 1 atom stereocenters. The van der Waals surface area contributed by atoms with Crippen molar-refractivity contribution in [3.05, 3.63) is 23.9 Å². The summed E-state index contributed by atoms with van der Waals surface area (Å²) in [4.78, 5) is 31.8. The Kier molecular flexibility index (Phi) is 5.31. The maximum Gasteiger partial charge on any atom is 0.410 e. The highest BCUT2D eigenvalue weighted by molar-refractivity contribution is 5.89. The van der Waals surface area contributed by atoms with Crippen LogP contribution in [0.15, 0.2) is 18.3 Å². The third kappa shape index (κ3) is 4.37. The lowest BCUT2D eigenvalue weighted by molar-refractivity contribution is 0.0158. The monoisotopic (exact) mass is 335 g/mol. The lowest BCUT2D eigenvalue weighted by Crippen LogP contribution is -2.55. The Balaban J connectivity index is 2.00. The van der Waals surface area contributed by atoms with Crippen molar-refractivity contribution in [2.45, 2.75) is 39.3 Å². The molecular weight excluding hydrogens is 310 g/mol. The van der Waals surface area contributed by atoms with E-state index in [0.29, 0.717) is 25.2 Å². The van der Waals surface area contributed by atoms with Gasteiger partial charge in [0.05, 0.1) is 12.7 Å². The fourth-order valence-electron chi connectivity index (χ4n) is 2.57. The summed E-state index contributed by atoms with van der Waals surface area (Å²) in [7, 11) is 1.34. The number of pyridine rings is 1. The van der Waals surface area contributed by atoms with Gasteiger partial charge >= 0.3 is 12.1 Å². The lowest BCUT2D eigenvalue weighted by atomic mass is 10.2. The van der Waals surface area contributed by atoms with Gasteiger partial charge < -0.3 is 19.3 Å². The summed E-state index contributed by atoms with van der Waals surface area (Å²) in [6, 6.07) is 3.50. The average Bonchev–Trinajstić information content (AvgIpc) is 2.52. The first-order valence-corrected chi connectivity index (χ1v) is 8.00. The minimum absolute atomic E-state index is 0.00989. The fraction of sp³-hybridized carbons (Fsp3) is 0.588. The van der Waals surface area contributed by atoms with Crippen LogP contribution >= 0.6 is 0 Å². The summed E-state index contributed by atoms with van der Waals surface area (Å²) in [6.45, 7) is 9.45. The van der Waals surface area contributed by atoms with Crippen LogP contribution in [-0.4, -0.2) is 60.3 Å². The summed E-state index contributed by atoms with van der Waals surface area (Å²) >= 11 is 0. The van der Waals surface area contributed by atoms with E-state index in [0.717, 1.165) is 5.82 Å². The molecule has 0 spiro atoms. The summed E-state index contributed by atoms with van der Waals surface area (Å²) in [5, 5.41) is 0. The Labute approximate surface area is 142 Å². The molecule has 0 N–H and O–H groups in total. The van der Waals surface area contributed by atoms with E-state index < -0.39 is 11.6 Å². The largest absolute Gasteiger partial charge is 0.465 e. The maximum absolute atomic E-state index is 12.2. The number of ether oxygens (including phenoxy) is 2. The number of rotatable bonds is 2. The molecule has 132 valence electrons. The van der Waals surface area contributed by atoms with Crippen molar-refractivity contribution < 1.29 is 19.1 Å². The molecule has 0 saturated carbocycles. The predicted octanol–water partition coefficient (Wildman–Crippen LogP) is 2.31. The van der Waals surface area contributed by atoms with Gasteiger partial charge in [-0.1, -0.05) is 0 Å². The van der Waals surface area contributed by atoms with Gasteiger partial charge in [-0.15, -0.1) is 0 Å². The van der Waals surface area contributed by atoms with Crippen molar-refractivity contribution >= 4 is 17.9 Å².